The minimum Gasteiger partial charge on any atom is -0.311 e. The van der Waals surface area contributed by atoms with E-state index in [9.17, 15) is 9.59 Å². The van der Waals surface area contributed by atoms with Gasteiger partial charge in [-0.1, -0.05) is 25.1 Å². The van der Waals surface area contributed by atoms with Crippen LogP contribution in [-0.4, -0.2) is 28.3 Å². The molecule has 142 valence electrons. The summed E-state index contributed by atoms with van der Waals surface area (Å²) >= 11 is 0. The third-order valence-corrected chi connectivity index (χ3v) is 5.34. The normalized spacial score (nSPS) is 16.7. The molecule has 1 saturated heterocycles. The molecule has 0 saturated carbocycles. The maximum Gasteiger partial charge on any atom is 0.232 e. The van der Waals surface area contributed by atoms with Gasteiger partial charge in [0, 0.05) is 30.0 Å². The number of aromatic nitrogens is 2. The molecule has 6 nitrogen and oxygen atoms in total. The van der Waals surface area contributed by atoms with Gasteiger partial charge in [0.2, 0.25) is 17.8 Å². The number of aryl methyl sites for hydroxylation is 4. The molecule has 1 aliphatic heterocycles. The molecule has 1 aromatic heterocycles. The molecule has 1 unspecified atom stereocenters. The highest BCUT2D eigenvalue weighted by Crippen LogP contribution is 2.32. The number of para-hydroxylation sites is 1. The summed E-state index contributed by atoms with van der Waals surface area (Å²) in [5, 5.41) is 2.79. The van der Waals surface area contributed by atoms with E-state index in [1.165, 1.54) is 0 Å². The molecule has 2 aromatic rings. The number of nitrogens with zero attached hydrogens (tertiary/aromatic N) is 3. The van der Waals surface area contributed by atoms with Crippen molar-refractivity contribution < 1.29 is 9.59 Å². The lowest BCUT2D eigenvalue weighted by molar-refractivity contribution is -0.122. The molecule has 2 amide bonds. The van der Waals surface area contributed by atoms with E-state index in [2.05, 4.69) is 22.2 Å². The molecule has 1 N–H and O–H groups in total. The van der Waals surface area contributed by atoms with Gasteiger partial charge in [-0.3, -0.25) is 14.9 Å². The van der Waals surface area contributed by atoms with E-state index >= 15 is 0 Å². The van der Waals surface area contributed by atoms with Gasteiger partial charge in [0.1, 0.15) is 0 Å². The fourth-order valence-corrected chi connectivity index (χ4v) is 3.53. The van der Waals surface area contributed by atoms with Crippen LogP contribution in [0.1, 0.15) is 41.4 Å². The summed E-state index contributed by atoms with van der Waals surface area (Å²) in [6.07, 6.45) is 1.04. The van der Waals surface area contributed by atoms with E-state index in [4.69, 9.17) is 0 Å². The van der Waals surface area contributed by atoms with Crippen molar-refractivity contribution >= 4 is 23.5 Å². The number of rotatable bonds is 4. The van der Waals surface area contributed by atoms with Crippen molar-refractivity contribution in [2.24, 2.45) is 5.92 Å². The molecule has 0 radical (unpaired) electrons. The number of nitrogens with one attached hydrogen (secondary N) is 1. The number of carbonyl (C=O) groups excluding carboxylic acids is 2. The minimum atomic E-state index is -0.410. The summed E-state index contributed by atoms with van der Waals surface area (Å²) in [5.41, 5.74) is 5.82. The van der Waals surface area contributed by atoms with Crippen LogP contribution in [0.5, 0.6) is 0 Å². The molecule has 1 fully saturated rings. The Kier molecular flexibility index (Phi) is 5.26. The van der Waals surface area contributed by atoms with E-state index < -0.39 is 5.92 Å². The fraction of sp³-hybridized carbons (Fsp3) is 0.429. The Hall–Kier alpha value is -2.76. The number of benzene rings is 1. The van der Waals surface area contributed by atoms with Crippen LogP contribution < -0.4 is 10.2 Å². The van der Waals surface area contributed by atoms with Crippen LogP contribution in [0.25, 0.3) is 0 Å². The van der Waals surface area contributed by atoms with E-state index in [1.54, 1.807) is 4.90 Å². The smallest absolute Gasteiger partial charge is 0.232 e. The van der Waals surface area contributed by atoms with Crippen molar-refractivity contribution in [2.45, 2.75) is 47.5 Å². The minimum absolute atomic E-state index is 0.0173. The van der Waals surface area contributed by atoms with Crippen molar-refractivity contribution in [1.82, 2.24) is 9.97 Å². The summed E-state index contributed by atoms with van der Waals surface area (Å²) in [4.78, 5) is 35.8. The Morgan fingerprint density at radius 3 is 2.48 bits per heavy atom. The predicted molar refractivity (Wildman–Crippen MR) is 106 cm³/mol. The lowest BCUT2D eigenvalue weighted by Crippen LogP contribution is -2.29. The second-order valence-electron chi connectivity index (χ2n) is 7.17. The summed E-state index contributed by atoms with van der Waals surface area (Å²) in [6.45, 7) is 10.2. The van der Waals surface area contributed by atoms with Gasteiger partial charge in [0.25, 0.3) is 0 Å². The molecule has 0 bridgehead atoms. The Morgan fingerprint density at radius 1 is 1.19 bits per heavy atom. The van der Waals surface area contributed by atoms with Gasteiger partial charge in [-0.25, -0.2) is 9.97 Å². The number of hydrogen-bond donors (Lipinski definition) is 1. The van der Waals surface area contributed by atoms with Crippen LogP contribution in [0.2, 0.25) is 0 Å². The Balaban J connectivity index is 1.79. The molecule has 0 aliphatic carbocycles. The van der Waals surface area contributed by atoms with Gasteiger partial charge in [0.05, 0.1) is 5.92 Å². The fourth-order valence-electron chi connectivity index (χ4n) is 3.53. The number of carbonyl (C=O) groups is 2. The zero-order valence-electron chi connectivity index (χ0n) is 16.6. The van der Waals surface area contributed by atoms with Gasteiger partial charge in [0.15, 0.2) is 0 Å². The quantitative estimate of drug-likeness (QED) is 0.901. The SMILES string of the molecule is CCc1cccc(C)c1N1CC(C(=O)Nc2nc(C)c(C)c(C)n2)CC1=O. The van der Waals surface area contributed by atoms with Crippen LogP contribution >= 0.6 is 0 Å². The third-order valence-electron chi connectivity index (χ3n) is 5.34. The van der Waals surface area contributed by atoms with Crippen LogP contribution in [0.4, 0.5) is 11.6 Å². The van der Waals surface area contributed by atoms with Crippen LogP contribution in [0.3, 0.4) is 0 Å². The highest BCUT2D eigenvalue weighted by Gasteiger charge is 2.36. The van der Waals surface area contributed by atoms with Gasteiger partial charge >= 0.3 is 0 Å². The van der Waals surface area contributed by atoms with E-state index in [-0.39, 0.29) is 18.2 Å². The van der Waals surface area contributed by atoms with Crippen molar-refractivity contribution in [3.63, 3.8) is 0 Å². The van der Waals surface area contributed by atoms with Crippen molar-refractivity contribution in [2.75, 3.05) is 16.8 Å². The number of amides is 2. The second-order valence-corrected chi connectivity index (χ2v) is 7.17. The lowest BCUT2D eigenvalue weighted by Gasteiger charge is -2.22. The summed E-state index contributed by atoms with van der Waals surface area (Å²) in [6, 6.07) is 6.04. The Labute approximate surface area is 160 Å². The Morgan fingerprint density at radius 2 is 1.85 bits per heavy atom. The van der Waals surface area contributed by atoms with Gasteiger partial charge in [-0.2, -0.15) is 0 Å². The summed E-state index contributed by atoms with van der Waals surface area (Å²) in [7, 11) is 0. The van der Waals surface area contributed by atoms with Crippen molar-refractivity contribution in [3.8, 4) is 0 Å². The van der Waals surface area contributed by atoms with Crippen LogP contribution in [-0.2, 0) is 16.0 Å². The van der Waals surface area contributed by atoms with Crippen LogP contribution in [0.15, 0.2) is 18.2 Å². The van der Waals surface area contributed by atoms with Gasteiger partial charge in [-0.15, -0.1) is 0 Å². The first-order chi connectivity index (χ1) is 12.8. The number of anilines is 2. The third kappa shape index (κ3) is 3.70. The molecular formula is C21H26N4O2. The monoisotopic (exact) mass is 366 g/mol. The average molecular weight is 366 g/mol. The molecule has 1 atom stereocenters. The van der Waals surface area contributed by atoms with E-state index in [0.717, 1.165) is 40.2 Å². The standard InChI is InChI=1S/C21H26N4O2/c1-6-16-9-7-8-12(2)19(16)25-11-17(10-18(25)26)20(27)24-21-22-14(4)13(3)15(5)23-21/h7-9,17H,6,10-11H2,1-5H3,(H,22,23,24,27). The summed E-state index contributed by atoms with van der Waals surface area (Å²) < 4.78 is 0. The van der Waals surface area contributed by atoms with E-state index in [1.807, 2.05) is 45.9 Å². The van der Waals surface area contributed by atoms with Crippen molar-refractivity contribution in [3.05, 3.63) is 46.3 Å². The highest BCUT2D eigenvalue weighted by atomic mass is 16.2. The topological polar surface area (TPSA) is 75.2 Å². The second kappa shape index (κ2) is 7.47. The molecule has 1 aromatic carbocycles. The Bertz CT molecular complexity index is 884. The van der Waals surface area contributed by atoms with Gasteiger partial charge < -0.3 is 4.90 Å². The first-order valence-electron chi connectivity index (χ1n) is 9.33. The predicted octanol–water partition coefficient (Wildman–Crippen LogP) is 3.26. The van der Waals surface area contributed by atoms with Crippen LogP contribution in [0, 0.1) is 33.6 Å². The van der Waals surface area contributed by atoms with Gasteiger partial charge in [-0.05, 0) is 50.8 Å². The summed E-state index contributed by atoms with van der Waals surface area (Å²) in [5.74, 6) is -0.333. The molecule has 1 aliphatic rings. The molecule has 3 rings (SSSR count). The largest absolute Gasteiger partial charge is 0.311 e. The molecule has 2 heterocycles. The zero-order valence-corrected chi connectivity index (χ0v) is 16.6. The lowest BCUT2D eigenvalue weighted by atomic mass is 10.0. The molecule has 27 heavy (non-hydrogen) atoms. The molecular weight excluding hydrogens is 340 g/mol. The van der Waals surface area contributed by atoms with E-state index in [0.29, 0.717) is 12.5 Å². The highest BCUT2D eigenvalue weighted by molar-refractivity contribution is 6.03. The first kappa shape index (κ1) is 19.0. The maximum absolute atomic E-state index is 12.7. The average Bonchev–Trinajstić information content (AvgIpc) is 3.00. The number of hydrogen-bond acceptors (Lipinski definition) is 4. The van der Waals surface area contributed by atoms with Crippen molar-refractivity contribution in [1.29, 1.82) is 0 Å². The first-order valence-corrected chi connectivity index (χ1v) is 9.33. The maximum atomic E-state index is 12.7. The zero-order chi connectivity index (χ0) is 19.7. The molecule has 0 spiro atoms. The molecule has 6 heteroatoms.